The summed E-state index contributed by atoms with van der Waals surface area (Å²) in [4.78, 5) is 16.1. The summed E-state index contributed by atoms with van der Waals surface area (Å²) in [5.41, 5.74) is 0.403. The fourth-order valence-corrected chi connectivity index (χ4v) is 3.75. The van der Waals surface area contributed by atoms with Crippen LogP contribution in [0, 0.1) is 0 Å². The molecule has 1 aromatic rings. The lowest BCUT2D eigenvalue weighted by molar-refractivity contribution is 0.101. The highest BCUT2D eigenvalue weighted by Gasteiger charge is 2.22. The number of ketones is 1. The molecule has 0 bridgehead atoms. The first-order chi connectivity index (χ1) is 10.8. The van der Waals surface area contributed by atoms with Gasteiger partial charge in [-0.1, -0.05) is 12.1 Å². The number of piperazine rings is 1. The van der Waals surface area contributed by atoms with E-state index in [0.717, 1.165) is 26.2 Å². The normalized spacial score (nSPS) is 18.7. The molecule has 1 aliphatic rings. The minimum Gasteiger partial charge on any atom is -0.304 e. The Morgan fingerprint density at radius 2 is 1.91 bits per heavy atom. The van der Waals surface area contributed by atoms with Gasteiger partial charge in [-0.2, -0.15) is 0 Å². The fourth-order valence-electron chi connectivity index (χ4n) is 2.59. The van der Waals surface area contributed by atoms with Crippen LogP contribution in [0.25, 0.3) is 0 Å². The second-order valence-electron chi connectivity index (χ2n) is 6.12. The fraction of sp³-hybridized carbons (Fsp3) is 0.562. The second-order valence-corrected chi connectivity index (χ2v) is 7.89. The summed E-state index contributed by atoms with van der Waals surface area (Å²) >= 11 is 0. The molecule has 0 radical (unpaired) electrons. The van der Waals surface area contributed by atoms with Crippen LogP contribution >= 0.6 is 0 Å². The van der Waals surface area contributed by atoms with Crippen LogP contribution in [0.4, 0.5) is 0 Å². The molecule has 1 saturated heterocycles. The quantitative estimate of drug-likeness (QED) is 0.777. The van der Waals surface area contributed by atoms with E-state index in [2.05, 4.69) is 21.6 Å². The largest absolute Gasteiger partial charge is 0.304 e. The third kappa shape index (κ3) is 4.84. The van der Waals surface area contributed by atoms with Crippen LogP contribution in [0.1, 0.15) is 24.2 Å². The van der Waals surface area contributed by atoms with Gasteiger partial charge in [0.2, 0.25) is 10.0 Å². The molecule has 1 aliphatic heterocycles. The highest BCUT2D eigenvalue weighted by Crippen LogP contribution is 2.12. The van der Waals surface area contributed by atoms with Gasteiger partial charge in [0.05, 0.1) is 4.90 Å². The Morgan fingerprint density at radius 1 is 1.26 bits per heavy atom. The number of carbonyl (C=O) groups is 1. The zero-order valence-corrected chi connectivity index (χ0v) is 14.8. The van der Waals surface area contributed by atoms with Crippen LogP contribution in [-0.2, 0) is 10.0 Å². The number of hydrogen-bond donors (Lipinski definition) is 1. The molecular weight excluding hydrogens is 314 g/mol. The molecule has 0 saturated carbocycles. The van der Waals surface area contributed by atoms with E-state index < -0.39 is 10.0 Å². The smallest absolute Gasteiger partial charge is 0.240 e. The molecule has 128 valence electrons. The molecule has 1 fully saturated rings. The van der Waals surface area contributed by atoms with Gasteiger partial charge in [0.15, 0.2) is 5.78 Å². The van der Waals surface area contributed by atoms with Crippen LogP contribution in [0.5, 0.6) is 0 Å². The average Bonchev–Trinajstić information content (AvgIpc) is 2.53. The van der Waals surface area contributed by atoms with Crippen molar-refractivity contribution in [1.29, 1.82) is 0 Å². The van der Waals surface area contributed by atoms with E-state index >= 15 is 0 Å². The van der Waals surface area contributed by atoms with E-state index in [4.69, 9.17) is 0 Å². The predicted octanol–water partition coefficient (Wildman–Crippen LogP) is 0.803. The van der Waals surface area contributed by atoms with E-state index in [0.29, 0.717) is 12.1 Å². The van der Waals surface area contributed by atoms with Crippen molar-refractivity contribution in [3.8, 4) is 0 Å². The monoisotopic (exact) mass is 339 g/mol. The lowest BCUT2D eigenvalue weighted by Crippen LogP contribution is -2.51. The molecule has 1 heterocycles. The number of nitrogens with one attached hydrogen (secondary N) is 1. The minimum atomic E-state index is -3.60. The van der Waals surface area contributed by atoms with E-state index in [9.17, 15) is 13.2 Å². The van der Waals surface area contributed by atoms with Gasteiger partial charge < -0.3 is 4.90 Å². The molecule has 2 rings (SSSR count). The lowest BCUT2D eigenvalue weighted by Gasteiger charge is -2.36. The predicted molar refractivity (Wildman–Crippen MR) is 90.2 cm³/mol. The van der Waals surface area contributed by atoms with Gasteiger partial charge in [0, 0.05) is 44.3 Å². The summed E-state index contributed by atoms with van der Waals surface area (Å²) in [6, 6.07) is 6.28. The summed E-state index contributed by atoms with van der Waals surface area (Å²) < 4.78 is 27.4. The Hall–Kier alpha value is -1.28. The summed E-state index contributed by atoms with van der Waals surface area (Å²) in [6.45, 7) is 7.69. The van der Waals surface area contributed by atoms with E-state index in [-0.39, 0.29) is 16.7 Å². The number of nitrogens with zero attached hydrogens (tertiary/aromatic N) is 2. The zero-order chi connectivity index (χ0) is 17.0. The molecule has 0 amide bonds. The van der Waals surface area contributed by atoms with Crippen molar-refractivity contribution < 1.29 is 13.2 Å². The zero-order valence-electron chi connectivity index (χ0n) is 13.9. The molecule has 1 N–H and O–H groups in total. The summed E-state index contributed by atoms with van der Waals surface area (Å²) in [5, 5.41) is 0. The maximum atomic E-state index is 12.4. The molecule has 7 heteroatoms. The van der Waals surface area contributed by atoms with Crippen molar-refractivity contribution >= 4 is 15.8 Å². The minimum absolute atomic E-state index is 0.134. The molecule has 1 unspecified atom stereocenters. The number of hydrogen-bond acceptors (Lipinski definition) is 5. The van der Waals surface area contributed by atoms with E-state index in [1.54, 1.807) is 12.1 Å². The number of sulfonamides is 1. The number of Topliss-reactive ketones (excluding diaryl/α,β-unsaturated/α-hetero) is 1. The maximum Gasteiger partial charge on any atom is 0.240 e. The van der Waals surface area contributed by atoms with Gasteiger partial charge in [-0.05, 0) is 33.0 Å². The SMILES string of the molecule is CC(=O)c1cccc(S(=O)(=O)NCC(C)N2CCN(C)CC2)c1. The topological polar surface area (TPSA) is 69.7 Å². The Kier molecular flexibility index (Phi) is 5.91. The number of likely N-dealkylation sites (N-methyl/N-ethyl adjacent to an activating group) is 1. The van der Waals surface area contributed by atoms with Gasteiger partial charge >= 0.3 is 0 Å². The van der Waals surface area contributed by atoms with Crippen molar-refractivity contribution in [3.63, 3.8) is 0 Å². The maximum absolute atomic E-state index is 12.4. The van der Waals surface area contributed by atoms with Crippen LogP contribution in [0.15, 0.2) is 29.2 Å². The van der Waals surface area contributed by atoms with Crippen LogP contribution < -0.4 is 4.72 Å². The summed E-state index contributed by atoms with van der Waals surface area (Å²) in [5.74, 6) is -0.146. The summed E-state index contributed by atoms with van der Waals surface area (Å²) in [7, 11) is -1.51. The Labute approximate surface area is 138 Å². The number of carbonyl (C=O) groups excluding carboxylic acids is 1. The molecule has 0 aromatic heterocycles. The van der Waals surface area contributed by atoms with E-state index in [1.165, 1.54) is 19.1 Å². The molecule has 6 nitrogen and oxygen atoms in total. The van der Waals surface area contributed by atoms with Crippen molar-refractivity contribution in [3.05, 3.63) is 29.8 Å². The lowest BCUT2D eigenvalue weighted by atomic mass is 10.2. The first-order valence-electron chi connectivity index (χ1n) is 7.83. The van der Waals surface area contributed by atoms with Crippen LogP contribution in [0.3, 0.4) is 0 Å². The van der Waals surface area contributed by atoms with Gasteiger partial charge in [0.25, 0.3) is 0 Å². The Bertz CT molecular complexity index is 652. The number of benzene rings is 1. The molecule has 23 heavy (non-hydrogen) atoms. The van der Waals surface area contributed by atoms with Gasteiger partial charge in [-0.15, -0.1) is 0 Å². The molecular formula is C16H25N3O3S. The molecule has 0 aliphatic carbocycles. The van der Waals surface area contributed by atoms with Gasteiger partial charge in [-0.25, -0.2) is 13.1 Å². The van der Waals surface area contributed by atoms with Crippen molar-refractivity contribution in [2.45, 2.75) is 24.8 Å². The second kappa shape index (κ2) is 7.53. The Morgan fingerprint density at radius 3 is 2.52 bits per heavy atom. The van der Waals surface area contributed by atoms with Crippen molar-refractivity contribution in [2.24, 2.45) is 0 Å². The Balaban J connectivity index is 1.98. The van der Waals surface area contributed by atoms with Crippen molar-refractivity contribution in [1.82, 2.24) is 14.5 Å². The highest BCUT2D eigenvalue weighted by molar-refractivity contribution is 7.89. The third-order valence-electron chi connectivity index (χ3n) is 4.28. The standard InChI is InChI=1S/C16H25N3O3S/c1-13(19-9-7-18(3)8-10-19)12-17-23(21,22)16-6-4-5-15(11-16)14(2)20/h4-6,11,13,17H,7-10,12H2,1-3H3. The first kappa shape index (κ1) is 18.1. The van der Waals surface area contributed by atoms with Gasteiger partial charge in [-0.3, -0.25) is 9.69 Å². The average molecular weight is 339 g/mol. The van der Waals surface area contributed by atoms with Crippen molar-refractivity contribution in [2.75, 3.05) is 39.8 Å². The molecule has 1 atom stereocenters. The van der Waals surface area contributed by atoms with E-state index in [1.807, 2.05) is 6.92 Å². The first-order valence-corrected chi connectivity index (χ1v) is 9.31. The summed E-state index contributed by atoms with van der Waals surface area (Å²) in [6.07, 6.45) is 0. The highest BCUT2D eigenvalue weighted by atomic mass is 32.2. The van der Waals surface area contributed by atoms with Crippen LogP contribution in [-0.4, -0.2) is 69.8 Å². The number of rotatable bonds is 6. The molecule has 1 aromatic carbocycles. The van der Waals surface area contributed by atoms with Crippen LogP contribution in [0.2, 0.25) is 0 Å². The van der Waals surface area contributed by atoms with Gasteiger partial charge in [0.1, 0.15) is 0 Å². The third-order valence-corrected chi connectivity index (χ3v) is 5.70. The molecule has 0 spiro atoms.